The van der Waals surface area contributed by atoms with Gasteiger partial charge in [-0.25, -0.2) is 4.39 Å². The third-order valence-corrected chi connectivity index (χ3v) is 5.65. The van der Waals surface area contributed by atoms with Crippen molar-refractivity contribution in [2.75, 3.05) is 0 Å². The van der Waals surface area contributed by atoms with Crippen LogP contribution < -0.4 is 0 Å². The molecule has 86 valence electrons. The third kappa shape index (κ3) is 0.804. The van der Waals surface area contributed by atoms with Crippen molar-refractivity contribution in [3.8, 4) is 0 Å². The van der Waals surface area contributed by atoms with E-state index in [1.807, 2.05) is 12.1 Å². The van der Waals surface area contributed by atoms with Gasteiger partial charge in [0, 0.05) is 16.7 Å². The largest absolute Gasteiger partial charge is 0.242 e. The molecular formula is C15H19F. The number of alkyl halides is 1. The molecule has 1 unspecified atom stereocenters. The van der Waals surface area contributed by atoms with Gasteiger partial charge in [0.05, 0.1) is 0 Å². The smallest absolute Gasteiger partial charge is 0.129 e. The molecule has 1 fully saturated rings. The molecule has 2 aliphatic rings. The summed E-state index contributed by atoms with van der Waals surface area (Å²) in [7, 11) is 0. The van der Waals surface area contributed by atoms with Crippen molar-refractivity contribution in [1.82, 2.24) is 0 Å². The number of benzene rings is 1. The van der Waals surface area contributed by atoms with Crippen molar-refractivity contribution < 1.29 is 4.39 Å². The second kappa shape index (κ2) is 2.52. The van der Waals surface area contributed by atoms with Gasteiger partial charge in [0.15, 0.2) is 0 Å². The van der Waals surface area contributed by atoms with E-state index in [0.29, 0.717) is 0 Å². The summed E-state index contributed by atoms with van der Waals surface area (Å²) < 4.78 is 15.2. The summed E-state index contributed by atoms with van der Waals surface area (Å²) in [6.45, 7) is 8.25. The molecule has 3 rings (SSSR count). The monoisotopic (exact) mass is 218 g/mol. The molecule has 0 saturated heterocycles. The molecule has 0 N–H and O–H groups in total. The van der Waals surface area contributed by atoms with Crippen molar-refractivity contribution in [2.45, 2.75) is 45.7 Å². The normalized spacial score (nSPS) is 31.4. The molecule has 0 amide bonds. The maximum atomic E-state index is 15.2. The van der Waals surface area contributed by atoms with Gasteiger partial charge in [-0.1, -0.05) is 52.0 Å². The fourth-order valence-corrected chi connectivity index (χ4v) is 3.77. The molecule has 0 aromatic heterocycles. The van der Waals surface area contributed by atoms with Crippen molar-refractivity contribution in [2.24, 2.45) is 10.8 Å². The predicted molar refractivity (Wildman–Crippen MR) is 64.3 cm³/mol. The van der Waals surface area contributed by atoms with Gasteiger partial charge >= 0.3 is 0 Å². The van der Waals surface area contributed by atoms with Crippen molar-refractivity contribution in [3.63, 3.8) is 0 Å². The van der Waals surface area contributed by atoms with Gasteiger partial charge in [-0.2, -0.15) is 0 Å². The van der Waals surface area contributed by atoms with Gasteiger partial charge in [-0.3, -0.25) is 0 Å². The van der Waals surface area contributed by atoms with Crippen LogP contribution >= 0.6 is 0 Å². The Kier molecular flexibility index (Phi) is 1.63. The molecule has 1 aromatic carbocycles. The van der Waals surface area contributed by atoms with Gasteiger partial charge in [-0.05, 0) is 17.5 Å². The lowest BCUT2D eigenvalue weighted by Gasteiger charge is -2.35. The van der Waals surface area contributed by atoms with Crippen LogP contribution in [0.15, 0.2) is 24.3 Å². The van der Waals surface area contributed by atoms with E-state index in [2.05, 4.69) is 39.8 Å². The van der Waals surface area contributed by atoms with E-state index in [1.165, 1.54) is 11.1 Å². The fourth-order valence-electron chi connectivity index (χ4n) is 3.77. The summed E-state index contributed by atoms with van der Waals surface area (Å²) in [6, 6.07) is 8.28. The first-order valence-corrected chi connectivity index (χ1v) is 6.11. The molecule has 0 heterocycles. The average molecular weight is 218 g/mol. The Morgan fingerprint density at radius 2 is 1.62 bits per heavy atom. The van der Waals surface area contributed by atoms with Crippen molar-refractivity contribution >= 4 is 0 Å². The maximum Gasteiger partial charge on any atom is 0.129 e. The van der Waals surface area contributed by atoms with Crippen LogP contribution in [0.5, 0.6) is 0 Å². The zero-order chi connectivity index (χ0) is 11.8. The molecule has 0 radical (unpaired) electrons. The lowest BCUT2D eigenvalue weighted by molar-refractivity contribution is 0.165. The molecule has 0 bridgehead atoms. The third-order valence-electron chi connectivity index (χ3n) is 5.65. The number of rotatable bonds is 1. The quantitative estimate of drug-likeness (QED) is 0.665. The summed E-state index contributed by atoms with van der Waals surface area (Å²) in [5.74, 6) is 0.119. The van der Waals surface area contributed by atoms with E-state index in [4.69, 9.17) is 0 Å². The van der Waals surface area contributed by atoms with Gasteiger partial charge in [-0.15, -0.1) is 0 Å². The highest BCUT2D eigenvalue weighted by atomic mass is 19.1. The Hall–Kier alpha value is -0.850. The number of hydrogen-bond acceptors (Lipinski definition) is 0. The van der Waals surface area contributed by atoms with E-state index < -0.39 is 5.67 Å². The topological polar surface area (TPSA) is 0 Å². The van der Waals surface area contributed by atoms with Crippen LogP contribution in [0.25, 0.3) is 0 Å². The Morgan fingerprint density at radius 1 is 1.06 bits per heavy atom. The molecule has 2 aliphatic carbocycles. The minimum atomic E-state index is -1.02. The zero-order valence-electron chi connectivity index (χ0n) is 10.5. The lowest BCUT2D eigenvalue weighted by atomic mass is 9.71. The van der Waals surface area contributed by atoms with E-state index in [-0.39, 0.29) is 16.7 Å². The molecule has 0 aliphatic heterocycles. The first-order valence-electron chi connectivity index (χ1n) is 6.11. The summed E-state index contributed by atoms with van der Waals surface area (Å²) >= 11 is 0. The highest BCUT2D eigenvalue weighted by molar-refractivity contribution is 5.48. The van der Waals surface area contributed by atoms with Gasteiger partial charge < -0.3 is 0 Å². The minimum Gasteiger partial charge on any atom is -0.242 e. The van der Waals surface area contributed by atoms with Crippen LogP contribution in [0.1, 0.15) is 44.7 Å². The van der Waals surface area contributed by atoms with Crippen LogP contribution in [0.3, 0.4) is 0 Å². The lowest BCUT2D eigenvalue weighted by Crippen LogP contribution is -2.32. The maximum absolute atomic E-state index is 15.2. The van der Waals surface area contributed by atoms with Crippen LogP contribution in [-0.2, 0) is 6.42 Å². The second-order valence-electron chi connectivity index (χ2n) is 6.42. The summed E-state index contributed by atoms with van der Waals surface area (Å²) in [6.07, 6.45) is 0.916. The fraction of sp³-hybridized carbons (Fsp3) is 0.600. The standard InChI is InChI=1S/C15H19F/c1-13(2)14(3,4)15(13,16)12-9-10-7-5-6-8-11(10)12/h5-8,12H,9H2,1-4H3. The molecular weight excluding hydrogens is 199 g/mol. The molecule has 1 saturated carbocycles. The SMILES string of the molecule is CC1(C)C(C)(C)C1(F)C1Cc2ccccc21. The van der Waals surface area contributed by atoms with E-state index in [0.717, 1.165) is 6.42 Å². The van der Waals surface area contributed by atoms with Crippen LogP contribution in [0.2, 0.25) is 0 Å². The second-order valence-corrected chi connectivity index (χ2v) is 6.42. The molecule has 1 heteroatoms. The summed E-state index contributed by atoms with van der Waals surface area (Å²) in [4.78, 5) is 0. The van der Waals surface area contributed by atoms with E-state index >= 15 is 4.39 Å². The highest BCUT2D eigenvalue weighted by Gasteiger charge is 2.82. The molecule has 0 spiro atoms. The van der Waals surface area contributed by atoms with Crippen molar-refractivity contribution in [1.29, 1.82) is 0 Å². The molecule has 1 aromatic rings. The first kappa shape index (κ1) is 10.3. The summed E-state index contributed by atoms with van der Waals surface area (Å²) in [5, 5.41) is 0. The minimum absolute atomic E-state index is 0.119. The van der Waals surface area contributed by atoms with E-state index in [1.54, 1.807) is 0 Å². The Bertz CT molecular complexity index is 442. The van der Waals surface area contributed by atoms with Gasteiger partial charge in [0.25, 0.3) is 0 Å². The first-order chi connectivity index (χ1) is 7.34. The van der Waals surface area contributed by atoms with Crippen LogP contribution in [0, 0.1) is 10.8 Å². The Morgan fingerprint density at radius 3 is 2.12 bits per heavy atom. The molecule has 0 nitrogen and oxygen atoms in total. The number of hydrogen-bond donors (Lipinski definition) is 0. The Labute approximate surface area is 96.9 Å². The molecule has 1 atom stereocenters. The number of fused-ring (bicyclic) bond motifs is 1. The van der Waals surface area contributed by atoms with Gasteiger partial charge in [0.1, 0.15) is 5.67 Å². The van der Waals surface area contributed by atoms with E-state index in [9.17, 15) is 0 Å². The Balaban J connectivity index is 2.00. The summed E-state index contributed by atoms with van der Waals surface area (Å²) in [5.41, 5.74) is 1.16. The van der Waals surface area contributed by atoms with Crippen molar-refractivity contribution in [3.05, 3.63) is 35.4 Å². The average Bonchev–Trinajstić information content (AvgIpc) is 2.47. The van der Waals surface area contributed by atoms with Crippen LogP contribution in [0.4, 0.5) is 4.39 Å². The van der Waals surface area contributed by atoms with Crippen LogP contribution in [-0.4, -0.2) is 5.67 Å². The zero-order valence-corrected chi connectivity index (χ0v) is 10.5. The predicted octanol–water partition coefficient (Wildman–Crippen LogP) is 4.10. The highest BCUT2D eigenvalue weighted by Crippen LogP contribution is 2.79. The molecule has 16 heavy (non-hydrogen) atoms. The van der Waals surface area contributed by atoms with Gasteiger partial charge in [0.2, 0.25) is 0 Å². The number of halogens is 1.